The van der Waals surface area contributed by atoms with E-state index in [0.29, 0.717) is 0 Å². The lowest BCUT2D eigenvalue weighted by atomic mass is 9.90. The van der Waals surface area contributed by atoms with E-state index in [4.69, 9.17) is 10.00 Å². The highest BCUT2D eigenvalue weighted by atomic mass is 16.5. The third-order valence-electron chi connectivity index (χ3n) is 2.94. The number of ether oxygens (including phenoxy) is 1. The molecule has 19 heavy (non-hydrogen) atoms. The zero-order chi connectivity index (χ0) is 14.5. The summed E-state index contributed by atoms with van der Waals surface area (Å²) in [6.07, 6.45) is 1.59. The van der Waals surface area contributed by atoms with E-state index in [1.54, 1.807) is 25.3 Å². The standard InChI is InChI=1S/C13H17N3O3/c1-9(2)13(3,8-14)16-11(17)7-19-12(18)10-5-4-6-15-10/h4-6,9,15H,7H2,1-3H3,(H,16,17)/t13-/m0/s1. The summed E-state index contributed by atoms with van der Waals surface area (Å²) >= 11 is 0. The molecular weight excluding hydrogens is 246 g/mol. The molecule has 2 N–H and O–H groups in total. The second-order valence-electron chi connectivity index (χ2n) is 4.68. The Labute approximate surface area is 111 Å². The molecule has 1 heterocycles. The molecule has 1 amide bonds. The van der Waals surface area contributed by atoms with Crippen LogP contribution in [0.2, 0.25) is 0 Å². The number of nitrogens with one attached hydrogen (secondary N) is 2. The Morgan fingerprint density at radius 3 is 2.74 bits per heavy atom. The predicted octanol–water partition coefficient (Wildman–Crippen LogP) is 1.23. The zero-order valence-corrected chi connectivity index (χ0v) is 11.2. The van der Waals surface area contributed by atoms with Crippen molar-refractivity contribution in [1.82, 2.24) is 10.3 Å². The number of rotatable bonds is 5. The van der Waals surface area contributed by atoms with Crippen LogP contribution in [-0.4, -0.2) is 29.0 Å². The molecule has 0 bridgehead atoms. The Morgan fingerprint density at radius 1 is 1.58 bits per heavy atom. The quantitative estimate of drug-likeness (QED) is 0.781. The first-order valence-electron chi connectivity index (χ1n) is 5.92. The first kappa shape index (κ1) is 14.8. The lowest BCUT2D eigenvalue weighted by Gasteiger charge is -2.27. The Balaban J connectivity index is 2.49. The van der Waals surface area contributed by atoms with E-state index in [9.17, 15) is 9.59 Å². The van der Waals surface area contributed by atoms with Crippen LogP contribution in [0.3, 0.4) is 0 Å². The van der Waals surface area contributed by atoms with Crippen LogP contribution in [0.15, 0.2) is 18.3 Å². The fourth-order valence-electron chi connectivity index (χ4n) is 1.29. The normalized spacial score (nSPS) is 13.4. The fraction of sp³-hybridized carbons (Fsp3) is 0.462. The average molecular weight is 263 g/mol. The van der Waals surface area contributed by atoms with Gasteiger partial charge in [-0.15, -0.1) is 0 Å². The smallest absolute Gasteiger partial charge is 0.355 e. The Hall–Kier alpha value is -2.29. The summed E-state index contributed by atoms with van der Waals surface area (Å²) < 4.78 is 4.83. The Bertz CT molecular complexity index is 488. The molecule has 0 saturated carbocycles. The molecule has 102 valence electrons. The van der Waals surface area contributed by atoms with Crippen molar-refractivity contribution < 1.29 is 14.3 Å². The van der Waals surface area contributed by atoms with Gasteiger partial charge in [0.15, 0.2) is 6.61 Å². The van der Waals surface area contributed by atoms with Crippen molar-refractivity contribution in [1.29, 1.82) is 5.26 Å². The molecule has 1 aromatic rings. The minimum Gasteiger partial charge on any atom is -0.451 e. The maximum atomic E-state index is 11.6. The van der Waals surface area contributed by atoms with Crippen molar-refractivity contribution in [3.63, 3.8) is 0 Å². The van der Waals surface area contributed by atoms with E-state index in [1.165, 1.54) is 0 Å². The number of hydrogen-bond acceptors (Lipinski definition) is 4. The highest BCUT2D eigenvalue weighted by molar-refractivity contribution is 5.89. The van der Waals surface area contributed by atoms with Crippen LogP contribution in [0.25, 0.3) is 0 Å². The van der Waals surface area contributed by atoms with Crippen LogP contribution in [0, 0.1) is 17.2 Å². The van der Waals surface area contributed by atoms with Crippen molar-refractivity contribution in [3.8, 4) is 6.07 Å². The maximum Gasteiger partial charge on any atom is 0.355 e. The van der Waals surface area contributed by atoms with Crippen LogP contribution in [0.1, 0.15) is 31.3 Å². The number of hydrogen-bond donors (Lipinski definition) is 2. The summed E-state index contributed by atoms with van der Waals surface area (Å²) in [5, 5.41) is 11.6. The van der Waals surface area contributed by atoms with Crippen LogP contribution in [0.4, 0.5) is 0 Å². The highest BCUT2D eigenvalue weighted by Gasteiger charge is 2.30. The van der Waals surface area contributed by atoms with Crippen LogP contribution in [-0.2, 0) is 9.53 Å². The van der Waals surface area contributed by atoms with Gasteiger partial charge in [0.2, 0.25) is 0 Å². The summed E-state index contributed by atoms with van der Waals surface area (Å²) in [5.74, 6) is -1.17. The molecule has 6 heteroatoms. The number of nitrogens with zero attached hydrogens (tertiary/aromatic N) is 1. The van der Waals surface area contributed by atoms with E-state index < -0.39 is 24.0 Å². The number of carbonyl (C=O) groups is 2. The van der Waals surface area contributed by atoms with Crippen molar-refractivity contribution in [2.24, 2.45) is 5.92 Å². The van der Waals surface area contributed by atoms with Gasteiger partial charge in [-0.1, -0.05) is 13.8 Å². The minimum absolute atomic E-state index is 0.0550. The van der Waals surface area contributed by atoms with Crippen molar-refractivity contribution in [3.05, 3.63) is 24.0 Å². The van der Waals surface area contributed by atoms with Gasteiger partial charge in [-0.2, -0.15) is 5.26 Å². The minimum atomic E-state index is -0.976. The second kappa shape index (κ2) is 6.05. The lowest BCUT2D eigenvalue weighted by molar-refractivity contribution is -0.125. The molecule has 1 rings (SSSR count). The number of H-pyrrole nitrogens is 1. The molecule has 0 aliphatic carbocycles. The number of carbonyl (C=O) groups excluding carboxylic acids is 2. The second-order valence-corrected chi connectivity index (χ2v) is 4.68. The molecular formula is C13H17N3O3. The van der Waals surface area contributed by atoms with Gasteiger partial charge in [-0.25, -0.2) is 4.79 Å². The van der Waals surface area contributed by atoms with Gasteiger partial charge < -0.3 is 15.0 Å². The zero-order valence-electron chi connectivity index (χ0n) is 11.2. The van der Waals surface area contributed by atoms with Crippen molar-refractivity contribution >= 4 is 11.9 Å². The first-order chi connectivity index (χ1) is 8.89. The molecule has 0 spiro atoms. The summed E-state index contributed by atoms with van der Waals surface area (Å²) in [6.45, 7) is 4.87. The molecule has 1 aromatic heterocycles. The van der Waals surface area contributed by atoms with E-state index in [1.807, 2.05) is 19.9 Å². The molecule has 0 aliphatic heterocycles. The topological polar surface area (TPSA) is 95.0 Å². The Kier molecular flexibility index (Phi) is 4.70. The van der Waals surface area contributed by atoms with Gasteiger partial charge in [0.25, 0.3) is 5.91 Å². The largest absolute Gasteiger partial charge is 0.451 e. The summed E-state index contributed by atoms with van der Waals surface area (Å²) in [6, 6.07) is 5.25. The molecule has 6 nitrogen and oxygen atoms in total. The summed E-state index contributed by atoms with van der Waals surface area (Å²) in [5.41, 5.74) is -0.699. The SMILES string of the molecule is CC(C)[C@](C)(C#N)NC(=O)COC(=O)c1ccc[nH]1. The molecule has 0 aliphatic rings. The lowest BCUT2D eigenvalue weighted by Crippen LogP contribution is -2.50. The van der Waals surface area contributed by atoms with Gasteiger partial charge >= 0.3 is 5.97 Å². The average Bonchev–Trinajstić information content (AvgIpc) is 2.89. The van der Waals surface area contributed by atoms with Crippen molar-refractivity contribution in [2.45, 2.75) is 26.3 Å². The number of aromatic nitrogens is 1. The highest BCUT2D eigenvalue weighted by Crippen LogP contribution is 2.14. The van der Waals surface area contributed by atoms with Gasteiger partial charge in [0.05, 0.1) is 6.07 Å². The van der Waals surface area contributed by atoms with Gasteiger partial charge in [0.1, 0.15) is 11.2 Å². The summed E-state index contributed by atoms with van der Waals surface area (Å²) in [4.78, 5) is 25.8. The molecule has 0 saturated heterocycles. The number of aromatic amines is 1. The van der Waals surface area contributed by atoms with E-state index in [-0.39, 0.29) is 11.6 Å². The first-order valence-corrected chi connectivity index (χ1v) is 5.92. The molecule has 0 unspecified atom stereocenters. The maximum absolute atomic E-state index is 11.6. The van der Waals surface area contributed by atoms with Gasteiger partial charge in [-0.05, 0) is 25.0 Å². The van der Waals surface area contributed by atoms with Gasteiger partial charge in [0, 0.05) is 6.20 Å². The third kappa shape index (κ3) is 3.85. The van der Waals surface area contributed by atoms with E-state index in [0.717, 1.165) is 0 Å². The van der Waals surface area contributed by atoms with Crippen LogP contribution in [0.5, 0.6) is 0 Å². The molecule has 0 aromatic carbocycles. The molecule has 0 fully saturated rings. The number of esters is 1. The molecule has 0 radical (unpaired) electrons. The van der Waals surface area contributed by atoms with Crippen LogP contribution >= 0.6 is 0 Å². The van der Waals surface area contributed by atoms with Gasteiger partial charge in [-0.3, -0.25) is 4.79 Å². The third-order valence-corrected chi connectivity index (χ3v) is 2.94. The number of nitriles is 1. The Morgan fingerprint density at radius 2 is 2.26 bits per heavy atom. The fourth-order valence-corrected chi connectivity index (χ4v) is 1.29. The number of amides is 1. The van der Waals surface area contributed by atoms with E-state index >= 15 is 0 Å². The van der Waals surface area contributed by atoms with Crippen molar-refractivity contribution in [2.75, 3.05) is 6.61 Å². The summed E-state index contributed by atoms with van der Waals surface area (Å²) in [7, 11) is 0. The molecule has 1 atom stereocenters. The van der Waals surface area contributed by atoms with E-state index in [2.05, 4.69) is 10.3 Å². The predicted molar refractivity (Wildman–Crippen MR) is 68.1 cm³/mol. The monoisotopic (exact) mass is 263 g/mol. The van der Waals surface area contributed by atoms with Crippen LogP contribution < -0.4 is 5.32 Å².